The molecule has 28 heavy (non-hydrogen) atoms. The zero-order valence-corrected chi connectivity index (χ0v) is 17.6. The molecule has 1 heterocycles. The number of carbonyl (C=O) groups excluding carboxylic acids is 1. The molecule has 6 nitrogen and oxygen atoms in total. The number of H-pyrrole nitrogens is 1. The van der Waals surface area contributed by atoms with Crippen molar-refractivity contribution >= 4 is 58.6 Å². The number of carbonyl (C=O) groups is 1. The predicted octanol–water partition coefficient (Wildman–Crippen LogP) is 3.22. The zero-order chi connectivity index (χ0) is 19.8. The minimum Gasteiger partial charge on any atom is -0.872 e. The number of amides is 1. The predicted molar refractivity (Wildman–Crippen MR) is 112 cm³/mol. The van der Waals surface area contributed by atoms with E-state index < -0.39 is 0 Å². The SMILES string of the molecule is O=C(CSc1n[nH+]c(SCc2ccccc2Cl)s1)NN=Cc1cccc([O-])c1. The fraction of sp³-hybridized carbons (Fsp3) is 0.111. The normalized spacial score (nSPS) is 11.0. The van der Waals surface area contributed by atoms with Crippen LogP contribution in [0.15, 0.2) is 62.3 Å². The Hall–Kier alpha value is -2.07. The number of hydrogen-bond donors (Lipinski definition) is 1. The van der Waals surface area contributed by atoms with Crippen LogP contribution in [0.4, 0.5) is 0 Å². The van der Waals surface area contributed by atoms with E-state index in [2.05, 4.69) is 20.7 Å². The first-order valence-electron chi connectivity index (χ1n) is 8.06. The fourth-order valence-corrected chi connectivity index (χ4v) is 5.20. The van der Waals surface area contributed by atoms with Gasteiger partial charge in [0.1, 0.15) is 0 Å². The molecule has 144 valence electrons. The van der Waals surface area contributed by atoms with Crippen molar-refractivity contribution in [1.29, 1.82) is 0 Å². The number of halogens is 1. The molecular formula is C18H15ClN4O2S3. The number of hydrogen-bond acceptors (Lipinski definition) is 7. The zero-order valence-electron chi connectivity index (χ0n) is 14.4. The highest BCUT2D eigenvalue weighted by Gasteiger charge is 2.14. The molecule has 0 spiro atoms. The van der Waals surface area contributed by atoms with Crippen LogP contribution in [0, 0.1) is 0 Å². The summed E-state index contributed by atoms with van der Waals surface area (Å²) in [6.45, 7) is 0. The number of benzene rings is 2. The molecule has 1 amide bonds. The molecule has 0 aliphatic heterocycles. The van der Waals surface area contributed by atoms with Gasteiger partial charge in [-0.2, -0.15) is 5.10 Å². The minimum atomic E-state index is -0.250. The number of rotatable bonds is 8. The summed E-state index contributed by atoms with van der Waals surface area (Å²) in [7, 11) is 0. The van der Waals surface area contributed by atoms with Gasteiger partial charge in [0.15, 0.2) is 0 Å². The summed E-state index contributed by atoms with van der Waals surface area (Å²) in [5.41, 5.74) is 4.13. The van der Waals surface area contributed by atoms with Crippen molar-refractivity contribution in [1.82, 2.24) is 10.5 Å². The van der Waals surface area contributed by atoms with Gasteiger partial charge < -0.3 is 5.11 Å². The number of hydrazone groups is 1. The quantitative estimate of drug-likeness (QED) is 0.323. The second-order valence-corrected chi connectivity index (χ2v) is 9.29. The number of nitrogens with zero attached hydrogens (tertiary/aromatic N) is 2. The Balaban J connectivity index is 1.42. The van der Waals surface area contributed by atoms with Crippen LogP contribution in [0.2, 0.25) is 5.02 Å². The number of aromatic amines is 1. The van der Waals surface area contributed by atoms with Gasteiger partial charge in [-0.1, -0.05) is 70.9 Å². The number of thioether (sulfide) groups is 2. The van der Waals surface area contributed by atoms with Crippen molar-refractivity contribution in [3.8, 4) is 5.75 Å². The van der Waals surface area contributed by atoms with Gasteiger partial charge in [0.05, 0.1) is 12.0 Å². The van der Waals surface area contributed by atoms with Gasteiger partial charge in [0.2, 0.25) is 4.34 Å². The van der Waals surface area contributed by atoms with Gasteiger partial charge in [-0.15, -0.1) is 5.75 Å². The van der Waals surface area contributed by atoms with E-state index in [1.165, 1.54) is 41.4 Å². The average Bonchev–Trinajstić information content (AvgIpc) is 3.14. The van der Waals surface area contributed by atoms with Crippen LogP contribution in [0.25, 0.3) is 0 Å². The maximum atomic E-state index is 11.9. The molecule has 0 radical (unpaired) electrons. The summed E-state index contributed by atoms with van der Waals surface area (Å²) >= 11 is 10.6. The van der Waals surface area contributed by atoms with Crippen molar-refractivity contribution < 1.29 is 15.0 Å². The molecule has 3 aromatic rings. The van der Waals surface area contributed by atoms with Crippen LogP contribution < -0.4 is 15.6 Å². The van der Waals surface area contributed by atoms with Gasteiger partial charge in [0.25, 0.3) is 5.91 Å². The fourth-order valence-electron chi connectivity index (χ4n) is 2.03. The van der Waals surface area contributed by atoms with Crippen molar-refractivity contribution in [3.05, 3.63) is 64.7 Å². The monoisotopic (exact) mass is 450 g/mol. The molecular weight excluding hydrogens is 436 g/mol. The van der Waals surface area contributed by atoms with Crippen LogP contribution in [0.5, 0.6) is 5.75 Å². The first-order valence-corrected chi connectivity index (χ1v) is 11.2. The second kappa shape index (κ2) is 10.5. The maximum Gasteiger partial charge on any atom is 0.323 e. The van der Waals surface area contributed by atoms with Crippen molar-refractivity contribution in [2.24, 2.45) is 5.10 Å². The third-order valence-electron chi connectivity index (χ3n) is 3.32. The Morgan fingerprint density at radius 2 is 2.14 bits per heavy atom. The van der Waals surface area contributed by atoms with Crippen molar-refractivity contribution in [2.45, 2.75) is 14.4 Å². The minimum absolute atomic E-state index is 0.103. The van der Waals surface area contributed by atoms with E-state index in [0.29, 0.717) is 5.56 Å². The van der Waals surface area contributed by atoms with Gasteiger partial charge in [-0.05, 0) is 40.3 Å². The third-order valence-corrected chi connectivity index (χ3v) is 6.99. The molecule has 0 bridgehead atoms. The molecule has 10 heteroatoms. The first-order chi connectivity index (χ1) is 13.6. The summed E-state index contributed by atoms with van der Waals surface area (Å²) in [6, 6.07) is 14.0. The van der Waals surface area contributed by atoms with Crippen LogP contribution in [0.3, 0.4) is 0 Å². The molecule has 0 saturated carbocycles. The van der Waals surface area contributed by atoms with Crippen molar-refractivity contribution in [3.63, 3.8) is 0 Å². The maximum absolute atomic E-state index is 11.9. The van der Waals surface area contributed by atoms with E-state index in [1.807, 2.05) is 24.3 Å². The van der Waals surface area contributed by atoms with Crippen molar-refractivity contribution in [2.75, 3.05) is 5.75 Å². The van der Waals surface area contributed by atoms with E-state index in [-0.39, 0.29) is 17.4 Å². The number of aromatic nitrogens is 2. The second-order valence-electron chi connectivity index (χ2n) is 5.41. The summed E-state index contributed by atoms with van der Waals surface area (Å²) in [6.07, 6.45) is 1.44. The summed E-state index contributed by atoms with van der Waals surface area (Å²) in [5, 5.41) is 23.0. The smallest absolute Gasteiger partial charge is 0.323 e. The summed E-state index contributed by atoms with van der Waals surface area (Å²) < 4.78 is 1.71. The molecule has 0 unspecified atom stereocenters. The lowest BCUT2D eigenvalue weighted by atomic mass is 10.2. The average molecular weight is 451 g/mol. The lowest BCUT2D eigenvalue weighted by Gasteiger charge is -2.03. The third kappa shape index (κ3) is 6.52. The Morgan fingerprint density at radius 1 is 1.29 bits per heavy atom. The highest BCUT2D eigenvalue weighted by Crippen LogP contribution is 2.30. The van der Waals surface area contributed by atoms with E-state index in [1.54, 1.807) is 23.9 Å². The molecule has 0 fully saturated rings. The van der Waals surface area contributed by atoms with Gasteiger partial charge in [-0.3, -0.25) is 4.79 Å². The van der Waals surface area contributed by atoms with Gasteiger partial charge in [-0.25, -0.2) is 5.43 Å². The van der Waals surface area contributed by atoms with E-state index >= 15 is 0 Å². The molecule has 0 atom stereocenters. The topological polar surface area (TPSA) is 91.6 Å². The number of nitrogens with one attached hydrogen (secondary N) is 2. The Morgan fingerprint density at radius 3 is 2.96 bits per heavy atom. The largest absolute Gasteiger partial charge is 0.872 e. The molecule has 2 aromatic carbocycles. The van der Waals surface area contributed by atoms with Crippen LogP contribution >= 0.6 is 46.5 Å². The molecule has 2 N–H and O–H groups in total. The highest BCUT2D eigenvalue weighted by molar-refractivity contribution is 8.03. The van der Waals surface area contributed by atoms with Crippen LogP contribution in [-0.4, -0.2) is 23.0 Å². The van der Waals surface area contributed by atoms with E-state index in [4.69, 9.17) is 11.6 Å². The van der Waals surface area contributed by atoms with E-state index in [9.17, 15) is 9.90 Å². The Kier molecular flexibility index (Phi) is 7.72. The lowest BCUT2D eigenvalue weighted by molar-refractivity contribution is -0.492. The molecule has 0 saturated heterocycles. The molecule has 0 aliphatic carbocycles. The molecule has 0 aliphatic rings. The molecule has 1 aromatic heterocycles. The van der Waals surface area contributed by atoms with Crippen LogP contribution in [-0.2, 0) is 10.5 Å². The standard InChI is InChI=1S/C18H15ClN4O2S3/c19-15-7-2-1-5-13(15)10-26-17-22-23-18(28-17)27-11-16(25)21-20-9-12-4-3-6-14(24)8-12/h1-9,24H,10-11H2,(H,21,25). The Labute approximate surface area is 179 Å². The summed E-state index contributed by atoms with van der Waals surface area (Å²) in [5.74, 6) is 0.575. The first kappa shape index (κ1) is 20.7. The summed E-state index contributed by atoms with van der Waals surface area (Å²) in [4.78, 5) is 11.9. The molecule has 3 rings (SSSR count). The highest BCUT2D eigenvalue weighted by atomic mass is 35.5. The van der Waals surface area contributed by atoms with Crippen LogP contribution in [0.1, 0.15) is 11.1 Å². The Bertz CT molecular complexity index is 981. The lowest BCUT2D eigenvalue weighted by Crippen LogP contribution is -2.19. The van der Waals surface area contributed by atoms with Gasteiger partial charge in [0, 0.05) is 15.9 Å². The van der Waals surface area contributed by atoms with Gasteiger partial charge >= 0.3 is 4.34 Å². The van der Waals surface area contributed by atoms with E-state index in [0.717, 1.165) is 25.0 Å².